The first-order valence-electron chi connectivity index (χ1n) is 6.86. The first-order valence-corrected chi connectivity index (χ1v) is 6.86. The zero-order chi connectivity index (χ0) is 15.4. The minimum absolute atomic E-state index is 0.108. The van der Waals surface area contributed by atoms with E-state index in [1.165, 1.54) is 24.1 Å². The molecule has 2 rings (SSSR count). The Balaban J connectivity index is 2.22. The number of rotatable bonds is 5. The molecule has 0 aromatic heterocycles. The minimum Gasteiger partial charge on any atom is -0.467 e. The Morgan fingerprint density at radius 1 is 1.48 bits per heavy atom. The normalized spacial score (nSPS) is 21.3. The van der Waals surface area contributed by atoms with Gasteiger partial charge in [0.1, 0.15) is 11.9 Å². The molecule has 0 spiro atoms. The molecule has 0 bridgehead atoms. The second-order valence-corrected chi connectivity index (χ2v) is 4.94. The van der Waals surface area contributed by atoms with E-state index in [1.54, 1.807) is 12.1 Å². The first kappa shape index (κ1) is 15.3. The second kappa shape index (κ2) is 6.56. The van der Waals surface area contributed by atoms with Crippen molar-refractivity contribution in [3.05, 3.63) is 35.6 Å². The third kappa shape index (κ3) is 3.32. The number of carbonyl (C=O) groups excluding carboxylic acids is 2. The smallest absolute Gasteiger partial charge is 0.411 e. The number of amides is 1. The number of carbonyl (C=O) groups is 2. The molecule has 1 fully saturated rings. The summed E-state index contributed by atoms with van der Waals surface area (Å²) in [7, 11) is 1.27. The topological polar surface area (TPSA) is 55.8 Å². The first-order chi connectivity index (χ1) is 10.1. The van der Waals surface area contributed by atoms with Gasteiger partial charge in [-0.25, -0.2) is 14.0 Å². The van der Waals surface area contributed by atoms with E-state index in [-0.39, 0.29) is 12.4 Å². The average Bonchev–Trinajstić information content (AvgIpc) is 2.75. The molecule has 1 amide bonds. The maximum atomic E-state index is 13.2. The molecule has 2 atom stereocenters. The fraction of sp³-hybridized carbons (Fsp3) is 0.467. The van der Waals surface area contributed by atoms with Gasteiger partial charge < -0.3 is 9.47 Å². The van der Waals surface area contributed by atoms with E-state index in [1.807, 2.05) is 6.92 Å². The molecule has 0 N–H and O–H groups in total. The molecule has 0 unspecified atom stereocenters. The van der Waals surface area contributed by atoms with E-state index in [4.69, 9.17) is 9.47 Å². The van der Waals surface area contributed by atoms with Crippen molar-refractivity contribution in [3.63, 3.8) is 0 Å². The van der Waals surface area contributed by atoms with Gasteiger partial charge in [-0.1, -0.05) is 25.5 Å². The molecule has 1 aromatic carbocycles. The second-order valence-electron chi connectivity index (χ2n) is 4.94. The summed E-state index contributed by atoms with van der Waals surface area (Å²) >= 11 is 0. The van der Waals surface area contributed by atoms with Gasteiger partial charge in [0.05, 0.1) is 13.7 Å². The quantitative estimate of drug-likeness (QED) is 0.783. The molecule has 5 nitrogen and oxygen atoms in total. The van der Waals surface area contributed by atoms with E-state index in [0.29, 0.717) is 12.0 Å². The summed E-state index contributed by atoms with van der Waals surface area (Å²) in [5.41, 5.74) is 0.595. The van der Waals surface area contributed by atoms with E-state index < -0.39 is 24.2 Å². The van der Waals surface area contributed by atoms with Crippen LogP contribution in [0.25, 0.3) is 0 Å². The summed E-state index contributed by atoms with van der Waals surface area (Å²) in [5, 5.41) is 0. The summed E-state index contributed by atoms with van der Waals surface area (Å²) in [5.74, 6) is -0.907. The molecular weight excluding hydrogens is 277 g/mol. The minimum atomic E-state index is -0.786. The van der Waals surface area contributed by atoms with Crippen LogP contribution in [0.5, 0.6) is 0 Å². The predicted octanol–water partition coefficient (Wildman–Crippen LogP) is 2.49. The zero-order valence-electron chi connectivity index (χ0n) is 12.0. The van der Waals surface area contributed by atoms with Crippen molar-refractivity contribution in [1.29, 1.82) is 0 Å². The largest absolute Gasteiger partial charge is 0.467 e. The highest BCUT2D eigenvalue weighted by atomic mass is 19.1. The number of hydrogen-bond donors (Lipinski definition) is 0. The molecular formula is C15H18FNO4. The molecule has 1 saturated heterocycles. The van der Waals surface area contributed by atoms with Gasteiger partial charge in [0.25, 0.3) is 0 Å². The number of methoxy groups -OCH3 is 1. The molecule has 1 aromatic rings. The fourth-order valence-electron chi connectivity index (χ4n) is 2.47. The van der Waals surface area contributed by atoms with E-state index in [9.17, 15) is 14.0 Å². The summed E-state index contributed by atoms with van der Waals surface area (Å²) < 4.78 is 23.2. The molecule has 0 aliphatic carbocycles. The lowest BCUT2D eigenvalue weighted by molar-refractivity contribution is -0.146. The Bertz CT molecular complexity index is 534. The highest BCUT2D eigenvalue weighted by Crippen LogP contribution is 2.26. The van der Waals surface area contributed by atoms with Gasteiger partial charge >= 0.3 is 12.1 Å². The van der Waals surface area contributed by atoms with Gasteiger partial charge in [0.15, 0.2) is 6.04 Å². The molecule has 6 heteroatoms. The number of cyclic esters (lactones) is 1. The van der Waals surface area contributed by atoms with Crippen molar-refractivity contribution in [3.8, 4) is 0 Å². The van der Waals surface area contributed by atoms with Crippen molar-refractivity contribution in [2.24, 2.45) is 0 Å². The van der Waals surface area contributed by atoms with Crippen molar-refractivity contribution >= 4 is 12.1 Å². The summed E-state index contributed by atoms with van der Waals surface area (Å²) in [6.45, 7) is 2.05. The van der Waals surface area contributed by atoms with Crippen LogP contribution >= 0.6 is 0 Å². The Morgan fingerprint density at radius 2 is 2.24 bits per heavy atom. The zero-order valence-corrected chi connectivity index (χ0v) is 12.0. The molecule has 1 aliphatic heterocycles. The van der Waals surface area contributed by atoms with Crippen LogP contribution in [0.4, 0.5) is 9.18 Å². The molecule has 0 radical (unpaired) electrons. The van der Waals surface area contributed by atoms with Crippen molar-refractivity contribution < 1.29 is 23.5 Å². The SMILES string of the molecule is CCC[C@@H]1OC(=O)N(Cc2cccc(F)c2)[C@H]1C(=O)OC. The average molecular weight is 295 g/mol. The highest BCUT2D eigenvalue weighted by molar-refractivity contribution is 5.85. The van der Waals surface area contributed by atoms with Gasteiger partial charge in [0.2, 0.25) is 0 Å². The fourth-order valence-corrected chi connectivity index (χ4v) is 2.47. The van der Waals surface area contributed by atoms with Crippen LogP contribution in [0, 0.1) is 5.82 Å². The van der Waals surface area contributed by atoms with E-state index in [0.717, 1.165) is 6.42 Å². The Labute approximate surface area is 122 Å². The van der Waals surface area contributed by atoms with Crippen LogP contribution < -0.4 is 0 Å². The van der Waals surface area contributed by atoms with Crippen molar-refractivity contribution in [2.75, 3.05) is 7.11 Å². The van der Waals surface area contributed by atoms with Gasteiger partial charge in [-0.2, -0.15) is 0 Å². The number of halogens is 1. The third-order valence-corrected chi connectivity index (χ3v) is 3.43. The standard InChI is InChI=1S/C15H18FNO4/c1-3-5-12-13(14(18)20-2)17(15(19)21-12)9-10-6-4-7-11(16)8-10/h4,6-8,12-13H,3,5,9H2,1-2H3/t12-,13+/m0/s1. The van der Waals surface area contributed by atoms with Gasteiger partial charge in [0, 0.05) is 0 Å². The number of nitrogens with zero attached hydrogens (tertiary/aromatic N) is 1. The third-order valence-electron chi connectivity index (χ3n) is 3.43. The van der Waals surface area contributed by atoms with Crippen LogP contribution in [-0.4, -0.2) is 36.2 Å². The molecule has 0 saturated carbocycles. The molecule has 21 heavy (non-hydrogen) atoms. The predicted molar refractivity (Wildman–Crippen MR) is 72.9 cm³/mol. The highest BCUT2D eigenvalue weighted by Gasteiger charge is 2.46. The maximum absolute atomic E-state index is 13.2. The number of hydrogen-bond acceptors (Lipinski definition) is 4. The van der Waals surface area contributed by atoms with Crippen molar-refractivity contribution in [1.82, 2.24) is 4.90 Å². The number of ether oxygens (including phenoxy) is 2. The van der Waals surface area contributed by atoms with E-state index in [2.05, 4.69) is 0 Å². The Morgan fingerprint density at radius 3 is 2.86 bits per heavy atom. The van der Waals surface area contributed by atoms with Crippen molar-refractivity contribution in [2.45, 2.75) is 38.5 Å². The Kier molecular flexibility index (Phi) is 4.77. The van der Waals surface area contributed by atoms with Gasteiger partial charge in [-0.05, 0) is 24.1 Å². The molecule has 1 aliphatic rings. The molecule has 1 heterocycles. The van der Waals surface area contributed by atoms with Crippen LogP contribution in [0.2, 0.25) is 0 Å². The van der Waals surface area contributed by atoms with E-state index >= 15 is 0 Å². The monoisotopic (exact) mass is 295 g/mol. The van der Waals surface area contributed by atoms with Crippen LogP contribution in [-0.2, 0) is 20.8 Å². The lowest BCUT2D eigenvalue weighted by Crippen LogP contribution is -2.43. The van der Waals surface area contributed by atoms with Crippen LogP contribution in [0.3, 0.4) is 0 Å². The number of esters is 1. The van der Waals surface area contributed by atoms with Gasteiger partial charge in [-0.15, -0.1) is 0 Å². The van der Waals surface area contributed by atoms with Crippen LogP contribution in [0.1, 0.15) is 25.3 Å². The van der Waals surface area contributed by atoms with Crippen LogP contribution in [0.15, 0.2) is 24.3 Å². The maximum Gasteiger partial charge on any atom is 0.411 e. The molecule has 114 valence electrons. The summed E-state index contributed by atoms with van der Waals surface area (Å²) in [6.07, 6.45) is 0.251. The summed E-state index contributed by atoms with van der Waals surface area (Å²) in [4.78, 5) is 25.2. The lowest BCUT2D eigenvalue weighted by atomic mass is 10.1. The summed E-state index contributed by atoms with van der Waals surface area (Å²) in [6, 6.07) is 5.12. The Hall–Kier alpha value is -2.11. The lowest BCUT2D eigenvalue weighted by Gasteiger charge is -2.22. The number of benzene rings is 1. The van der Waals surface area contributed by atoms with Gasteiger partial charge in [-0.3, -0.25) is 4.90 Å².